The van der Waals surface area contributed by atoms with Crippen LogP contribution >= 0.6 is 27.5 Å². The number of ketones is 1. The van der Waals surface area contributed by atoms with Crippen molar-refractivity contribution in [1.82, 2.24) is 0 Å². The van der Waals surface area contributed by atoms with Crippen molar-refractivity contribution in [3.8, 4) is 5.75 Å². The second-order valence-electron chi connectivity index (χ2n) is 3.41. The monoisotopic (exact) mass is 304 g/mol. The van der Waals surface area contributed by atoms with E-state index in [1.54, 1.807) is 0 Å². The van der Waals surface area contributed by atoms with Crippen LogP contribution in [0.1, 0.15) is 30.4 Å². The highest BCUT2D eigenvalue weighted by atomic mass is 79.9. The first-order valence-electron chi connectivity index (χ1n) is 5.06. The molecule has 4 heteroatoms. The van der Waals surface area contributed by atoms with Gasteiger partial charge in [0.15, 0.2) is 5.78 Å². The zero-order chi connectivity index (χ0) is 12.1. The molecule has 16 heavy (non-hydrogen) atoms. The standard InChI is InChI=1S/C12H14BrClO2/c1-3-16-11-6-9(12(14)8(2)15)4-5-10(11)7-13/h4-6,12H,3,7H2,1-2H3. The van der Waals surface area contributed by atoms with Crippen LogP contribution in [0.15, 0.2) is 18.2 Å². The van der Waals surface area contributed by atoms with E-state index in [0.717, 1.165) is 22.2 Å². The molecule has 0 N–H and O–H groups in total. The van der Waals surface area contributed by atoms with Gasteiger partial charge in [0.2, 0.25) is 0 Å². The molecule has 0 aliphatic rings. The Kier molecular flexibility index (Phi) is 5.29. The summed E-state index contributed by atoms with van der Waals surface area (Å²) in [7, 11) is 0. The van der Waals surface area contributed by atoms with Crippen molar-refractivity contribution in [2.75, 3.05) is 6.61 Å². The molecule has 1 aromatic carbocycles. The zero-order valence-electron chi connectivity index (χ0n) is 9.30. The van der Waals surface area contributed by atoms with Crippen LogP contribution in [0.4, 0.5) is 0 Å². The average Bonchev–Trinajstić information content (AvgIpc) is 2.28. The zero-order valence-corrected chi connectivity index (χ0v) is 11.6. The maximum Gasteiger partial charge on any atom is 0.152 e. The van der Waals surface area contributed by atoms with Gasteiger partial charge < -0.3 is 4.74 Å². The topological polar surface area (TPSA) is 26.3 Å². The summed E-state index contributed by atoms with van der Waals surface area (Å²) < 4.78 is 5.50. The van der Waals surface area contributed by atoms with E-state index < -0.39 is 5.38 Å². The number of carbonyl (C=O) groups is 1. The normalized spacial score (nSPS) is 12.2. The van der Waals surface area contributed by atoms with Gasteiger partial charge in [-0.3, -0.25) is 4.79 Å². The molecule has 0 spiro atoms. The number of carbonyl (C=O) groups excluding carboxylic acids is 1. The Morgan fingerprint density at radius 2 is 2.25 bits per heavy atom. The van der Waals surface area contributed by atoms with Gasteiger partial charge >= 0.3 is 0 Å². The van der Waals surface area contributed by atoms with Crippen molar-refractivity contribution in [3.05, 3.63) is 29.3 Å². The first-order valence-corrected chi connectivity index (χ1v) is 6.62. The molecule has 1 atom stereocenters. The highest BCUT2D eigenvalue weighted by molar-refractivity contribution is 9.08. The van der Waals surface area contributed by atoms with Gasteiger partial charge in [0.1, 0.15) is 11.1 Å². The van der Waals surface area contributed by atoms with Crippen LogP contribution in [0.5, 0.6) is 5.75 Å². The summed E-state index contributed by atoms with van der Waals surface area (Å²) in [5.41, 5.74) is 1.83. The van der Waals surface area contributed by atoms with Crippen molar-refractivity contribution < 1.29 is 9.53 Å². The molecule has 88 valence electrons. The van der Waals surface area contributed by atoms with Gasteiger partial charge in [0, 0.05) is 10.9 Å². The summed E-state index contributed by atoms with van der Waals surface area (Å²) in [6.45, 7) is 4.00. The van der Waals surface area contributed by atoms with E-state index in [4.69, 9.17) is 16.3 Å². The van der Waals surface area contributed by atoms with Crippen LogP contribution in [0.3, 0.4) is 0 Å². The van der Waals surface area contributed by atoms with E-state index in [-0.39, 0.29) is 5.78 Å². The summed E-state index contributed by atoms with van der Waals surface area (Å²) in [6, 6.07) is 5.62. The third-order valence-electron chi connectivity index (χ3n) is 2.18. The molecule has 0 radical (unpaired) electrons. The summed E-state index contributed by atoms with van der Waals surface area (Å²) in [4.78, 5) is 11.2. The molecule has 0 aliphatic carbocycles. The first kappa shape index (κ1) is 13.5. The Bertz CT molecular complexity index is 379. The Balaban J connectivity index is 3.05. The minimum absolute atomic E-state index is 0.0595. The molecule has 2 nitrogen and oxygen atoms in total. The molecule has 1 rings (SSSR count). The lowest BCUT2D eigenvalue weighted by atomic mass is 10.1. The minimum atomic E-state index is -0.594. The van der Waals surface area contributed by atoms with Gasteiger partial charge in [0.05, 0.1) is 6.61 Å². The SMILES string of the molecule is CCOc1cc(C(Cl)C(C)=O)ccc1CBr. The number of rotatable bonds is 5. The van der Waals surface area contributed by atoms with Crippen LogP contribution in [0.2, 0.25) is 0 Å². The number of halogens is 2. The highest BCUT2D eigenvalue weighted by Gasteiger charge is 2.15. The molecular weight excluding hydrogens is 291 g/mol. The van der Waals surface area contributed by atoms with E-state index in [1.807, 2.05) is 25.1 Å². The highest BCUT2D eigenvalue weighted by Crippen LogP contribution is 2.29. The lowest BCUT2D eigenvalue weighted by Gasteiger charge is -2.12. The second kappa shape index (κ2) is 6.26. The fourth-order valence-electron chi connectivity index (χ4n) is 1.36. The molecule has 0 saturated heterocycles. The molecule has 1 unspecified atom stereocenters. The summed E-state index contributed by atoms with van der Waals surface area (Å²) in [5, 5.41) is 0.124. The van der Waals surface area contributed by atoms with E-state index in [0.29, 0.717) is 6.61 Å². The van der Waals surface area contributed by atoms with Gasteiger partial charge in [-0.15, -0.1) is 11.6 Å². The van der Waals surface area contributed by atoms with E-state index in [1.165, 1.54) is 6.92 Å². The smallest absolute Gasteiger partial charge is 0.152 e. The van der Waals surface area contributed by atoms with Crippen LogP contribution in [0.25, 0.3) is 0 Å². The van der Waals surface area contributed by atoms with Gasteiger partial charge in [-0.2, -0.15) is 0 Å². The number of benzene rings is 1. The summed E-state index contributed by atoms with van der Waals surface area (Å²) >= 11 is 9.38. The van der Waals surface area contributed by atoms with Gasteiger partial charge in [-0.25, -0.2) is 0 Å². The number of ether oxygens (including phenoxy) is 1. The van der Waals surface area contributed by atoms with Crippen LogP contribution in [-0.2, 0) is 10.1 Å². The third kappa shape index (κ3) is 3.22. The van der Waals surface area contributed by atoms with Crippen LogP contribution in [-0.4, -0.2) is 12.4 Å². The van der Waals surface area contributed by atoms with Crippen molar-refractivity contribution in [2.24, 2.45) is 0 Å². The van der Waals surface area contributed by atoms with Crippen molar-refractivity contribution in [2.45, 2.75) is 24.6 Å². The molecule has 0 fully saturated rings. The Morgan fingerprint density at radius 3 is 2.75 bits per heavy atom. The predicted octanol–water partition coefficient (Wildman–Crippen LogP) is 3.85. The summed E-state index contributed by atoms with van der Waals surface area (Å²) in [5.74, 6) is 0.722. The minimum Gasteiger partial charge on any atom is -0.494 e. The van der Waals surface area contributed by atoms with Crippen molar-refractivity contribution >= 4 is 33.3 Å². The lowest BCUT2D eigenvalue weighted by Crippen LogP contribution is -2.03. The number of hydrogen-bond acceptors (Lipinski definition) is 2. The molecule has 0 aliphatic heterocycles. The molecule has 0 amide bonds. The first-order chi connectivity index (χ1) is 7.60. The molecule has 0 aromatic heterocycles. The van der Waals surface area contributed by atoms with Gasteiger partial charge in [-0.1, -0.05) is 28.1 Å². The Labute approximate surface area is 109 Å². The van der Waals surface area contributed by atoms with E-state index in [2.05, 4.69) is 15.9 Å². The maximum atomic E-state index is 11.2. The van der Waals surface area contributed by atoms with Crippen LogP contribution in [0, 0.1) is 0 Å². The Morgan fingerprint density at radius 1 is 1.56 bits per heavy atom. The maximum absolute atomic E-state index is 11.2. The fraction of sp³-hybridized carbons (Fsp3) is 0.417. The number of hydrogen-bond donors (Lipinski definition) is 0. The molecular formula is C12H14BrClO2. The van der Waals surface area contributed by atoms with Gasteiger partial charge in [-0.05, 0) is 25.5 Å². The van der Waals surface area contributed by atoms with Crippen LogP contribution < -0.4 is 4.74 Å². The predicted molar refractivity (Wildman–Crippen MR) is 69.5 cm³/mol. The molecule has 0 bridgehead atoms. The Hall–Kier alpha value is -0.540. The summed E-state index contributed by atoms with van der Waals surface area (Å²) in [6.07, 6.45) is 0. The van der Waals surface area contributed by atoms with E-state index in [9.17, 15) is 4.79 Å². The lowest BCUT2D eigenvalue weighted by molar-refractivity contribution is -0.116. The van der Waals surface area contributed by atoms with Crippen molar-refractivity contribution in [1.29, 1.82) is 0 Å². The number of Topliss-reactive ketones (excluding diaryl/α,β-unsaturated/α-hetero) is 1. The molecule has 0 saturated carbocycles. The van der Waals surface area contributed by atoms with Crippen molar-refractivity contribution in [3.63, 3.8) is 0 Å². The molecule has 1 aromatic rings. The third-order valence-corrected chi connectivity index (χ3v) is 3.35. The van der Waals surface area contributed by atoms with E-state index >= 15 is 0 Å². The average molecular weight is 306 g/mol. The fourth-order valence-corrected chi connectivity index (χ4v) is 1.96. The largest absolute Gasteiger partial charge is 0.494 e. The second-order valence-corrected chi connectivity index (χ2v) is 4.40. The quantitative estimate of drug-likeness (QED) is 0.772. The number of alkyl halides is 2. The molecule has 0 heterocycles. The van der Waals surface area contributed by atoms with Gasteiger partial charge in [0.25, 0.3) is 0 Å².